The van der Waals surface area contributed by atoms with Gasteiger partial charge in [-0.25, -0.2) is 13.1 Å². The molecule has 0 saturated carbocycles. The van der Waals surface area contributed by atoms with Crippen LogP contribution in [0.15, 0.2) is 0 Å². The lowest BCUT2D eigenvalue weighted by Crippen LogP contribution is -2.61. The first-order valence-electron chi connectivity index (χ1n) is 4.88. The predicted molar refractivity (Wildman–Crippen MR) is 56.5 cm³/mol. The number of hydrogen-bond donors (Lipinski definition) is 2. The van der Waals surface area contributed by atoms with Gasteiger partial charge in [0.25, 0.3) is 0 Å². The van der Waals surface area contributed by atoms with E-state index in [0.29, 0.717) is 6.04 Å². The Morgan fingerprint density at radius 3 is 2.50 bits per heavy atom. The van der Waals surface area contributed by atoms with Crippen molar-refractivity contribution in [1.29, 1.82) is 0 Å². The Bertz CT molecular complexity index is 270. The Kier molecular flexibility index (Phi) is 3.88. The third-order valence-electron chi connectivity index (χ3n) is 2.37. The lowest BCUT2D eigenvalue weighted by atomic mass is 10.1. The van der Waals surface area contributed by atoms with E-state index >= 15 is 0 Å². The van der Waals surface area contributed by atoms with E-state index in [1.54, 1.807) is 0 Å². The van der Waals surface area contributed by atoms with Crippen molar-refractivity contribution in [3.05, 3.63) is 0 Å². The predicted octanol–water partition coefficient (Wildman–Crippen LogP) is -1.04. The first-order valence-corrected chi connectivity index (χ1v) is 6.54. The summed E-state index contributed by atoms with van der Waals surface area (Å²) in [6.45, 7) is 5.99. The number of sulfonamides is 1. The zero-order valence-electron chi connectivity index (χ0n) is 8.73. The van der Waals surface area contributed by atoms with Crippen molar-refractivity contribution in [2.75, 3.05) is 25.4 Å². The van der Waals surface area contributed by atoms with E-state index in [4.69, 9.17) is 5.73 Å². The molecule has 84 valence electrons. The zero-order valence-corrected chi connectivity index (χ0v) is 9.55. The molecule has 6 heteroatoms. The number of nitrogens with two attached hydrogens (primary N) is 1. The highest BCUT2D eigenvalue weighted by Gasteiger charge is 2.30. The van der Waals surface area contributed by atoms with Gasteiger partial charge >= 0.3 is 0 Å². The molecule has 1 rings (SSSR count). The van der Waals surface area contributed by atoms with Gasteiger partial charge in [-0.15, -0.1) is 0 Å². The van der Waals surface area contributed by atoms with E-state index in [1.165, 1.54) is 0 Å². The first kappa shape index (κ1) is 11.9. The molecule has 1 heterocycles. The average Bonchev–Trinajstić information content (AvgIpc) is 1.95. The second-order valence-corrected chi connectivity index (χ2v) is 5.84. The highest BCUT2D eigenvalue weighted by molar-refractivity contribution is 7.89. The summed E-state index contributed by atoms with van der Waals surface area (Å²) in [5.41, 5.74) is 5.20. The molecule has 0 unspecified atom stereocenters. The van der Waals surface area contributed by atoms with Crippen molar-refractivity contribution in [1.82, 2.24) is 9.62 Å². The Labute approximate surface area is 85.7 Å². The molecule has 0 radical (unpaired) electrons. The van der Waals surface area contributed by atoms with Crippen LogP contribution in [0, 0.1) is 0 Å². The van der Waals surface area contributed by atoms with Crippen molar-refractivity contribution >= 4 is 10.0 Å². The summed E-state index contributed by atoms with van der Waals surface area (Å²) in [7, 11) is -3.14. The van der Waals surface area contributed by atoms with E-state index in [1.807, 2.05) is 0 Å². The van der Waals surface area contributed by atoms with Gasteiger partial charge in [0, 0.05) is 31.7 Å². The number of nitrogens with zero attached hydrogens (tertiary/aromatic N) is 1. The molecule has 0 bridgehead atoms. The van der Waals surface area contributed by atoms with Gasteiger partial charge in [-0.05, 0) is 13.8 Å². The van der Waals surface area contributed by atoms with Crippen LogP contribution >= 0.6 is 0 Å². The van der Waals surface area contributed by atoms with E-state index in [9.17, 15) is 8.42 Å². The van der Waals surface area contributed by atoms with Crippen LogP contribution in [-0.2, 0) is 10.0 Å². The Hall–Kier alpha value is -0.170. The molecule has 1 fully saturated rings. The topological polar surface area (TPSA) is 75.4 Å². The van der Waals surface area contributed by atoms with E-state index < -0.39 is 10.0 Å². The second kappa shape index (κ2) is 4.57. The molecule has 1 saturated heterocycles. The SMILES string of the molecule is CC(C)N1CC(NS(=O)(=O)CCN)C1. The van der Waals surface area contributed by atoms with Gasteiger partial charge in [0.05, 0.1) is 5.75 Å². The third kappa shape index (κ3) is 3.20. The minimum atomic E-state index is -3.14. The van der Waals surface area contributed by atoms with Crippen LogP contribution in [0.25, 0.3) is 0 Å². The fourth-order valence-electron chi connectivity index (χ4n) is 1.48. The molecule has 1 aliphatic rings. The maximum Gasteiger partial charge on any atom is 0.213 e. The molecule has 0 spiro atoms. The molecule has 3 N–H and O–H groups in total. The number of nitrogens with one attached hydrogen (secondary N) is 1. The van der Waals surface area contributed by atoms with Crippen molar-refractivity contribution in [3.8, 4) is 0 Å². The highest BCUT2D eigenvalue weighted by atomic mass is 32.2. The maximum absolute atomic E-state index is 11.3. The lowest BCUT2D eigenvalue weighted by molar-refractivity contribution is 0.104. The van der Waals surface area contributed by atoms with E-state index in [2.05, 4.69) is 23.5 Å². The number of rotatable bonds is 5. The Balaban J connectivity index is 2.29. The molecule has 0 aliphatic carbocycles. The fourth-order valence-corrected chi connectivity index (χ4v) is 2.56. The molecule has 1 aliphatic heterocycles. The summed E-state index contributed by atoms with van der Waals surface area (Å²) in [6, 6.07) is 0.569. The Morgan fingerprint density at radius 1 is 1.50 bits per heavy atom. The maximum atomic E-state index is 11.3. The molecular formula is C8H19N3O2S. The molecule has 0 amide bonds. The minimum Gasteiger partial charge on any atom is -0.329 e. The van der Waals surface area contributed by atoms with Gasteiger partial charge in [-0.1, -0.05) is 0 Å². The van der Waals surface area contributed by atoms with Gasteiger partial charge in [0.15, 0.2) is 0 Å². The molecule has 0 atom stereocenters. The van der Waals surface area contributed by atoms with Crippen molar-refractivity contribution in [3.63, 3.8) is 0 Å². The van der Waals surface area contributed by atoms with Gasteiger partial charge in [-0.3, -0.25) is 4.90 Å². The van der Waals surface area contributed by atoms with Crippen LogP contribution in [-0.4, -0.2) is 50.8 Å². The van der Waals surface area contributed by atoms with Crippen LogP contribution in [0.5, 0.6) is 0 Å². The summed E-state index contributed by atoms with van der Waals surface area (Å²) in [6.07, 6.45) is 0. The molecular weight excluding hydrogens is 202 g/mol. The standard InChI is InChI=1S/C8H19N3O2S/c1-7(2)11-5-8(6-11)10-14(12,13)4-3-9/h7-8,10H,3-6,9H2,1-2H3. The largest absolute Gasteiger partial charge is 0.329 e. The first-order chi connectivity index (χ1) is 6.44. The summed E-state index contributed by atoms with van der Waals surface area (Å²) < 4.78 is 25.2. The van der Waals surface area contributed by atoms with Crippen molar-refractivity contribution in [2.45, 2.75) is 25.9 Å². The molecule has 5 nitrogen and oxygen atoms in total. The van der Waals surface area contributed by atoms with Gasteiger partial charge in [0.2, 0.25) is 10.0 Å². The summed E-state index contributed by atoms with van der Waals surface area (Å²) in [5, 5.41) is 0. The Morgan fingerprint density at radius 2 is 2.07 bits per heavy atom. The highest BCUT2D eigenvalue weighted by Crippen LogP contribution is 2.12. The van der Waals surface area contributed by atoms with E-state index in [0.717, 1.165) is 13.1 Å². The number of hydrogen-bond acceptors (Lipinski definition) is 4. The van der Waals surface area contributed by atoms with Gasteiger partial charge in [-0.2, -0.15) is 0 Å². The van der Waals surface area contributed by atoms with E-state index in [-0.39, 0.29) is 18.3 Å². The quantitative estimate of drug-likeness (QED) is 0.621. The lowest BCUT2D eigenvalue weighted by Gasteiger charge is -2.42. The van der Waals surface area contributed by atoms with Crippen LogP contribution in [0.2, 0.25) is 0 Å². The van der Waals surface area contributed by atoms with Crippen LogP contribution in [0.1, 0.15) is 13.8 Å². The average molecular weight is 221 g/mol. The molecule has 0 aromatic rings. The van der Waals surface area contributed by atoms with Crippen LogP contribution < -0.4 is 10.5 Å². The normalized spacial score (nSPS) is 20.0. The minimum absolute atomic E-state index is 0.0190. The molecule has 0 aromatic carbocycles. The van der Waals surface area contributed by atoms with Crippen molar-refractivity contribution < 1.29 is 8.42 Å². The third-order valence-corrected chi connectivity index (χ3v) is 3.84. The second-order valence-electron chi connectivity index (χ2n) is 3.97. The number of likely N-dealkylation sites (tertiary alicyclic amines) is 1. The summed E-state index contributed by atoms with van der Waals surface area (Å²) in [4.78, 5) is 2.22. The van der Waals surface area contributed by atoms with Crippen molar-refractivity contribution in [2.24, 2.45) is 5.73 Å². The van der Waals surface area contributed by atoms with Gasteiger partial charge in [0.1, 0.15) is 0 Å². The zero-order chi connectivity index (χ0) is 10.8. The van der Waals surface area contributed by atoms with Crippen LogP contribution in [0.3, 0.4) is 0 Å². The summed E-state index contributed by atoms with van der Waals surface area (Å²) >= 11 is 0. The molecule has 14 heavy (non-hydrogen) atoms. The summed E-state index contributed by atoms with van der Waals surface area (Å²) in [5.74, 6) is 0.0190. The fraction of sp³-hybridized carbons (Fsp3) is 1.00. The van der Waals surface area contributed by atoms with Gasteiger partial charge < -0.3 is 5.73 Å². The monoisotopic (exact) mass is 221 g/mol. The smallest absolute Gasteiger partial charge is 0.213 e. The van der Waals surface area contributed by atoms with Crippen LogP contribution in [0.4, 0.5) is 0 Å². The molecule has 0 aromatic heterocycles.